The second-order valence-electron chi connectivity index (χ2n) is 4.81. The Morgan fingerprint density at radius 2 is 1.94 bits per heavy atom. The van der Waals surface area contributed by atoms with Crippen molar-refractivity contribution in [1.29, 1.82) is 0 Å². The molecular formula is C15H25NS. The molecule has 96 valence electrons. The third-order valence-electron chi connectivity index (χ3n) is 3.00. The predicted octanol–water partition coefficient (Wildman–Crippen LogP) is 4.10. The minimum absolute atomic E-state index is 0.433. The molecule has 2 heteroatoms. The van der Waals surface area contributed by atoms with Crippen molar-refractivity contribution in [1.82, 2.24) is 5.32 Å². The molecule has 0 aliphatic rings. The summed E-state index contributed by atoms with van der Waals surface area (Å²) in [6, 6.07) is 7.71. The SMILES string of the molecule is CCSCC(C)NC(C)c1ccc(C)cc1C. The lowest BCUT2D eigenvalue weighted by Crippen LogP contribution is -2.31. The molecule has 1 rings (SSSR count). The van der Waals surface area contributed by atoms with Gasteiger partial charge in [0, 0.05) is 17.8 Å². The summed E-state index contributed by atoms with van der Waals surface area (Å²) >= 11 is 2.00. The molecule has 1 N–H and O–H groups in total. The Morgan fingerprint density at radius 1 is 1.24 bits per heavy atom. The van der Waals surface area contributed by atoms with Gasteiger partial charge in [-0.1, -0.05) is 30.7 Å². The summed E-state index contributed by atoms with van der Waals surface area (Å²) in [5.74, 6) is 2.38. The Morgan fingerprint density at radius 3 is 2.53 bits per heavy atom. The van der Waals surface area contributed by atoms with Gasteiger partial charge in [0.15, 0.2) is 0 Å². The maximum Gasteiger partial charge on any atom is 0.0297 e. The summed E-state index contributed by atoms with van der Waals surface area (Å²) in [6.45, 7) is 11.1. The molecule has 0 radical (unpaired) electrons. The van der Waals surface area contributed by atoms with Gasteiger partial charge in [0.05, 0.1) is 0 Å². The Bertz CT molecular complexity index is 349. The molecule has 0 bridgehead atoms. The van der Waals surface area contributed by atoms with Crippen LogP contribution >= 0.6 is 11.8 Å². The van der Waals surface area contributed by atoms with E-state index in [4.69, 9.17) is 0 Å². The van der Waals surface area contributed by atoms with Crippen LogP contribution in [0.15, 0.2) is 18.2 Å². The highest BCUT2D eigenvalue weighted by Crippen LogP contribution is 2.19. The van der Waals surface area contributed by atoms with Crippen LogP contribution in [0.2, 0.25) is 0 Å². The summed E-state index contributed by atoms with van der Waals surface area (Å²) in [5.41, 5.74) is 4.15. The standard InChI is InChI=1S/C15H25NS/c1-6-17-10-13(4)16-14(5)15-8-7-11(2)9-12(15)3/h7-9,13-14,16H,6,10H2,1-5H3. The molecule has 0 aliphatic carbocycles. The van der Waals surface area contributed by atoms with Gasteiger partial charge in [-0.15, -0.1) is 0 Å². The fourth-order valence-corrected chi connectivity index (χ4v) is 2.86. The van der Waals surface area contributed by atoms with Gasteiger partial charge in [0.2, 0.25) is 0 Å². The molecule has 0 heterocycles. The first kappa shape index (κ1) is 14.6. The predicted molar refractivity (Wildman–Crippen MR) is 79.9 cm³/mol. The zero-order valence-electron chi connectivity index (χ0n) is 11.7. The summed E-state index contributed by atoms with van der Waals surface area (Å²) in [6.07, 6.45) is 0. The van der Waals surface area contributed by atoms with E-state index in [-0.39, 0.29) is 0 Å². The minimum Gasteiger partial charge on any atom is -0.307 e. The van der Waals surface area contributed by atoms with Crippen molar-refractivity contribution in [2.45, 2.75) is 46.7 Å². The molecule has 0 aliphatic heterocycles. The molecule has 2 atom stereocenters. The topological polar surface area (TPSA) is 12.0 Å². The largest absolute Gasteiger partial charge is 0.307 e. The zero-order valence-corrected chi connectivity index (χ0v) is 12.5. The monoisotopic (exact) mass is 251 g/mol. The van der Waals surface area contributed by atoms with Crippen LogP contribution in [-0.2, 0) is 0 Å². The number of hydrogen-bond donors (Lipinski definition) is 1. The van der Waals surface area contributed by atoms with Crippen molar-refractivity contribution < 1.29 is 0 Å². The summed E-state index contributed by atoms with van der Waals surface area (Å²) < 4.78 is 0. The third kappa shape index (κ3) is 4.72. The van der Waals surface area contributed by atoms with E-state index < -0.39 is 0 Å². The van der Waals surface area contributed by atoms with Gasteiger partial charge in [-0.25, -0.2) is 0 Å². The fourth-order valence-electron chi connectivity index (χ4n) is 2.17. The molecule has 0 fully saturated rings. The van der Waals surface area contributed by atoms with Crippen LogP contribution in [0.3, 0.4) is 0 Å². The first-order chi connectivity index (χ1) is 8.04. The van der Waals surface area contributed by atoms with Crippen molar-refractivity contribution in [3.8, 4) is 0 Å². The lowest BCUT2D eigenvalue weighted by atomic mass is 10.00. The Kier molecular flexibility index (Phi) is 6.07. The van der Waals surface area contributed by atoms with Crippen LogP contribution in [0.4, 0.5) is 0 Å². The highest BCUT2D eigenvalue weighted by molar-refractivity contribution is 7.99. The van der Waals surface area contributed by atoms with Crippen LogP contribution in [0.25, 0.3) is 0 Å². The van der Waals surface area contributed by atoms with Crippen molar-refractivity contribution in [3.05, 3.63) is 34.9 Å². The quantitative estimate of drug-likeness (QED) is 0.817. The van der Waals surface area contributed by atoms with Gasteiger partial charge in [-0.2, -0.15) is 11.8 Å². The number of aryl methyl sites for hydroxylation is 2. The van der Waals surface area contributed by atoms with Gasteiger partial charge < -0.3 is 5.32 Å². The molecule has 1 nitrogen and oxygen atoms in total. The van der Waals surface area contributed by atoms with Crippen molar-refractivity contribution in [3.63, 3.8) is 0 Å². The van der Waals surface area contributed by atoms with E-state index in [2.05, 4.69) is 58.1 Å². The van der Waals surface area contributed by atoms with E-state index in [0.717, 1.165) is 0 Å². The smallest absolute Gasteiger partial charge is 0.0297 e. The number of nitrogens with one attached hydrogen (secondary N) is 1. The van der Waals surface area contributed by atoms with E-state index in [9.17, 15) is 0 Å². The van der Waals surface area contributed by atoms with E-state index in [1.165, 1.54) is 28.2 Å². The van der Waals surface area contributed by atoms with Crippen molar-refractivity contribution in [2.75, 3.05) is 11.5 Å². The molecule has 0 saturated carbocycles. The molecule has 0 aromatic heterocycles. The van der Waals surface area contributed by atoms with E-state index >= 15 is 0 Å². The molecule has 0 saturated heterocycles. The van der Waals surface area contributed by atoms with Gasteiger partial charge in [-0.3, -0.25) is 0 Å². The molecule has 17 heavy (non-hydrogen) atoms. The molecule has 0 amide bonds. The van der Waals surface area contributed by atoms with E-state index in [1.54, 1.807) is 0 Å². The molecule has 1 aromatic carbocycles. The third-order valence-corrected chi connectivity index (χ3v) is 4.14. The average Bonchev–Trinajstić information content (AvgIpc) is 2.26. The normalized spacial score (nSPS) is 14.6. The van der Waals surface area contributed by atoms with Gasteiger partial charge in [0.1, 0.15) is 0 Å². The number of benzene rings is 1. The second-order valence-corrected chi connectivity index (χ2v) is 6.13. The van der Waals surface area contributed by atoms with Crippen LogP contribution in [0.1, 0.15) is 43.5 Å². The van der Waals surface area contributed by atoms with Crippen LogP contribution < -0.4 is 5.32 Å². The van der Waals surface area contributed by atoms with Crippen molar-refractivity contribution >= 4 is 11.8 Å². The first-order valence-electron chi connectivity index (χ1n) is 6.45. The summed E-state index contributed by atoms with van der Waals surface area (Å²) in [5, 5.41) is 3.67. The maximum absolute atomic E-state index is 3.67. The Balaban J connectivity index is 2.60. The van der Waals surface area contributed by atoms with E-state index in [1.807, 2.05) is 11.8 Å². The van der Waals surface area contributed by atoms with Crippen LogP contribution in [-0.4, -0.2) is 17.5 Å². The van der Waals surface area contributed by atoms with Crippen LogP contribution in [0.5, 0.6) is 0 Å². The van der Waals surface area contributed by atoms with Gasteiger partial charge in [-0.05, 0) is 44.6 Å². The molecule has 2 unspecified atom stereocenters. The molecule has 0 spiro atoms. The highest BCUT2D eigenvalue weighted by Gasteiger charge is 2.11. The summed E-state index contributed by atoms with van der Waals surface area (Å²) in [7, 11) is 0. The second kappa shape index (κ2) is 7.07. The number of hydrogen-bond acceptors (Lipinski definition) is 2. The lowest BCUT2D eigenvalue weighted by Gasteiger charge is -2.21. The Hall–Kier alpha value is -0.470. The fraction of sp³-hybridized carbons (Fsp3) is 0.600. The number of rotatable bonds is 6. The summed E-state index contributed by atoms with van der Waals surface area (Å²) in [4.78, 5) is 0. The lowest BCUT2D eigenvalue weighted by molar-refractivity contribution is 0.509. The average molecular weight is 251 g/mol. The van der Waals surface area contributed by atoms with Gasteiger partial charge >= 0.3 is 0 Å². The maximum atomic E-state index is 3.67. The molecule has 1 aromatic rings. The zero-order chi connectivity index (χ0) is 12.8. The number of thioether (sulfide) groups is 1. The van der Waals surface area contributed by atoms with E-state index in [0.29, 0.717) is 12.1 Å². The van der Waals surface area contributed by atoms with Crippen molar-refractivity contribution in [2.24, 2.45) is 0 Å². The highest BCUT2D eigenvalue weighted by atomic mass is 32.2. The first-order valence-corrected chi connectivity index (χ1v) is 7.61. The Labute approximate surface area is 110 Å². The minimum atomic E-state index is 0.433. The van der Waals surface area contributed by atoms with Crippen LogP contribution in [0, 0.1) is 13.8 Å². The van der Waals surface area contributed by atoms with Gasteiger partial charge in [0.25, 0.3) is 0 Å². The molecular weight excluding hydrogens is 226 g/mol.